The molecule has 0 saturated heterocycles. The van der Waals surface area contributed by atoms with Crippen LogP contribution in [0, 0.1) is 13.8 Å². The van der Waals surface area contributed by atoms with E-state index in [0.29, 0.717) is 12.1 Å². The Balaban J connectivity index is 1.70. The Kier molecular flexibility index (Phi) is 9.63. The SMILES string of the molecule is CCC(C(=O)NC1CCCC1)N(Cc1ccccc1C)C(=O)CN(c1ccccc1)S(=O)(=O)c1ccc(C)cc1. The predicted molar refractivity (Wildman–Crippen MR) is 158 cm³/mol. The van der Waals surface area contributed by atoms with Crippen molar-refractivity contribution < 1.29 is 18.0 Å². The molecule has 8 heteroatoms. The molecule has 4 rings (SSSR count). The lowest BCUT2D eigenvalue weighted by atomic mass is 10.1. The molecule has 0 aliphatic heterocycles. The average Bonchev–Trinajstić information content (AvgIpc) is 3.46. The molecule has 1 saturated carbocycles. The van der Waals surface area contributed by atoms with Gasteiger partial charge in [0, 0.05) is 12.6 Å². The zero-order valence-electron chi connectivity index (χ0n) is 23.5. The molecule has 0 aromatic heterocycles. The monoisotopic (exact) mass is 561 g/mol. The molecule has 1 fully saturated rings. The summed E-state index contributed by atoms with van der Waals surface area (Å²) in [6.45, 7) is 5.51. The summed E-state index contributed by atoms with van der Waals surface area (Å²) >= 11 is 0. The molecule has 0 spiro atoms. The average molecular weight is 562 g/mol. The van der Waals surface area contributed by atoms with Crippen LogP contribution < -0.4 is 9.62 Å². The summed E-state index contributed by atoms with van der Waals surface area (Å²) in [5.74, 6) is -0.625. The maximum Gasteiger partial charge on any atom is 0.264 e. The first-order chi connectivity index (χ1) is 19.2. The van der Waals surface area contributed by atoms with Crippen LogP contribution in [-0.2, 0) is 26.2 Å². The molecular weight excluding hydrogens is 522 g/mol. The fraction of sp³-hybridized carbons (Fsp3) is 0.375. The summed E-state index contributed by atoms with van der Waals surface area (Å²) < 4.78 is 28.9. The molecule has 1 aliphatic rings. The number of para-hydroxylation sites is 1. The highest BCUT2D eigenvalue weighted by Crippen LogP contribution is 2.25. The number of nitrogens with zero attached hydrogens (tertiary/aromatic N) is 2. The number of anilines is 1. The standard InChI is InChI=1S/C32H39N3O4S/c1-4-30(32(37)33-27-14-10-11-15-27)34(22-26-13-9-8-12-25(26)3)31(36)23-35(28-16-6-5-7-17-28)40(38,39)29-20-18-24(2)19-21-29/h5-9,12-13,16-21,27,30H,4,10-11,14-15,22-23H2,1-3H3,(H,33,37). The largest absolute Gasteiger partial charge is 0.352 e. The lowest BCUT2D eigenvalue weighted by Crippen LogP contribution is -2.53. The van der Waals surface area contributed by atoms with E-state index < -0.39 is 28.5 Å². The van der Waals surface area contributed by atoms with Crippen molar-refractivity contribution in [3.8, 4) is 0 Å². The molecule has 0 radical (unpaired) electrons. The summed E-state index contributed by atoms with van der Waals surface area (Å²) in [5.41, 5.74) is 3.23. The summed E-state index contributed by atoms with van der Waals surface area (Å²) in [7, 11) is -4.07. The second kappa shape index (κ2) is 13.1. The molecule has 40 heavy (non-hydrogen) atoms. The van der Waals surface area contributed by atoms with Gasteiger partial charge in [0.1, 0.15) is 12.6 Å². The van der Waals surface area contributed by atoms with Gasteiger partial charge in [0.15, 0.2) is 0 Å². The van der Waals surface area contributed by atoms with Gasteiger partial charge in [-0.05, 0) is 68.5 Å². The Morgan fingerprint density at radius 1 is 0.900 bits per heavy atom. The van der Waals surface area contributed by atoms with Crippen molar-refractivity contribution in [1.29, 1.82) is 0 Å². The van der Waals surface area contributed by atoms with Crippen LogP contribution in [0.25, 0.3) is 0 Å². The van der Waals surface area contributed by atoms with Crippen molar-refractivity contribution in [1.82, 2.24) is 10.2 Å². The van der Waals surface area contributed by atoms with Gasteiger partial charge < -0.3 is 10.2 Å². The van der Waals surface area contributed by atoms with Crippen LogP contribution in [0.5, 0.6) is 0 Å². The van der Waals surface area contributed by atoms with Gasteiger partial charge >= 0.3 is 0 Å². The third-order valence-corrected chi connectivity index (χ3v) is 9.41. The number of sulfonamides is 1. The van der Waals surface area contributed by atoms with Crippen LogP contribution in [0.4, 0.5) is 5.69 Å². The van der Waals surface area contributed by atoms with E-state index in [4.69, 9.17) is 0 Å². The van der Waals surface area contributed by atoms with Crippen LogP contribution in [0.3, 0.4) is 0 Å². The molecular formula is C32H39N3O4S. The number of carbonyl (C=O) groups is 2. The molecule has 212 valence electrons. The molecule has 3 aromatic carbocycles. The highest BCUT2D eigenvalue weighted by molar-refractivity contribution is 7.92. The number of rotatable bonds is 11. The van der Waals surface area contributed by atoms with Crippen LogP contribution in [0.2, 0.25) is 0 Å². The fourth-order valence-electron chi connectivity index (χ4n) is 5.22. The van der Waals surface area contributed by atoms with Gasteiger partial charge in [-0.2, -0.15) is 0 Å². The number of benzene rings is 3. The van der Waals surface area contributed by atoms with E-state index in [2.05, 4.69) is 5.32 Å². The fourth-order valence-corrected chi connectivity index (χ4v) is 6.63. The van der Waals surface area contributed by atoms with Gasteiger partial charge in [-0.25, -0.2) is 8.42 Å². The smallest absolute Gasteiger partial charge is 0.264 e. The van der Waals surface area contributed by atoms with E-state index in [0.717, 1.165) is 46.7 Å². The topological polar surface area (TPSA) is 86.8 Å². The third kappa shape index (κ3) is 6.91. The normalized spacial score (nSPS) is 14.5. The molecule has 1 unspecified atom stereocenters. The van der Waals surface area contributed by atoms with Crippen molar-refractivity contribution in [3.05, 3.63) is 95.6 Å². The first kappa shape index (κ1) is 29.3. The quantitative estimate of drug-likeness (QED) is 0.341. The van der Waals surface area contributed by atoms with Gasteiger partial charge in [0.2, 0.25) is 11.8 Å². The second-order valence-electron chi connectivity index (χ2n) is 10.5. The molecule has 0 heterocycles. The van der Waals surface area contributed by atoms with Gasteiger partial charge in [-0.1, -0.05) is 79.9 Å². The lowest BCUT2D eigenvalue weighted by molar-refractivity contribution is -0.140. The van der Waals surface area contributed by atoms with Crippen molar-refractivity contribution >= 4 is 27.5 Å². The molecule has 1 atom stereocenters. The van der Waals surface area contributed by atoms with Gasteiger partial charge in [0.25, 0.3) is 10.0 Å². The van der Waals surface area contributed by atoms with E-state index in [1.54, 1.807) is 59.5 Å². The number of nitrogens with one attached hydrogen (secondary N) is 1. The zero-order chi connectivity index (χ0) is 28.7. The highest BCUT2D eigenvalue weighted by Gasteiger charge is 2.34. The summed E-state index contributed by atoms with van der Waals surface area (Å²) in [6, 6.07) is 22.3. The van der Waals surface area contributed by atoms with E-state index >= 15 is 0 Å². The van der Waals surface area contributed by atoms with Crippen LogP contribution in [-0.4, -0.2) is 43.8 Å². The van der Waals surface area contributed by atoms with E-state index in [-0.39, 0.29) is 23.4 Å². The Labute approximate surface area is 238 Å². The number of amides is 2. The van der Waals surface area contributed by atoms with E-state index in [1.165, 1.54) is 0 Å². The van der Waals surface area contributed by atoms with E-state index in [9.17, 15) is 18.0 Å². The number of aryl methyl sites for hydroxylation is 2. The van der Waals surface area contributed by atoms with Crippen molar-refractivity contribution in [2.75, 3.05) is 10.8 Å². The van der Waals surface area contributed by atoms with Crippen molar-refractivity contribution in [2.45, 2.75) is 76.4 Å². The zero-order valence-corrected chi connectivity index (χ0v) is 24.4. The maximum atomic E-state index is 14.2. The number of carbonyl (C=O) groups excluding carboxylic acids is 2. The summed E-state index contributed by atoms with van der Waals surface area (Å²) in [6.07, 6.45) is 4.44. The Morgan fingerprint density at radius 3 is 2.15 bits per heavy atom. The predicted octanol–water partition coefficient (Wildman–Crippen LogP) is 5.36. The van der Waals surface area contributed by atoms with Gasteiger partial charge in [0.05, 0.1) is 10.6 Å². The first-order valence-corrected chi connectivity index (χ1v) is 15.4. The highest BCUT2D eigenvalue weighted by atomic mass is 32.2. The van der Waals surface area contributed by atoms with Crippen molar-refractivity contribution in [2.24, 2.45) is 0 Å². The van der Waals surface area contributed by atoms with Gasteiger partial charge in [-0.15, -0.1) is 0 Å². The Hall–Kier alpha value is -3.65. The minimum Gasteiger partial charge on any atom is -0.352 e. The molecule has 1 N–H and O–H groups in total. The molecule has 2 amide bonds. The lowest BCUT2D eigenvalue weighted by Gasteiger charge is -2.34. The Bertz CT molecular complexity index is 1400. The molecule has 7 nitrogen and oxygen atoms in total. The first-order valence-electron chi connectivity index (χ1n) is 14.0. The van der Waals surface area contributed by atoms with Crippen molar-refractivity contribution in [3.63, 3.8) is 0 Å². The number of hydrogen-bond acceptors (Lipinski definition) is 4. The maximum absolute atomic E-state index is 14.2. The van der Waals surface area contributed by atoms with E-state index in [1.807, 2.05) is 45.0 Å². The molecule has 1 aliphatic carbocycles. The number of hydrogen-bond donors (Lipinski definition) is 1. The minimum absolute atomic E-state index is 0.103. The summed E-state index contributed by atoms with van der Waals surface area (Å²) in [5, 5.41) is 3.15. The van der Waals surface area contributed by atoms with Gasteiger partial charge in [-0.3, -0.25) is 13.9 Å². The minimum atomic E-state index is -4.07. The summed E-state index contributed by atoms with van der Waals surface area (Å²) in [4.78, 5) is 29.3. The Morgan fingerprint density at radius 2 is 1.52 bits per heavy atom. The van der Waals surface area contributed by atoms with Crippen LogP contribution in [0.1, 0.15) is 55.7 Å². The molecule has 3 aromatic rings. The van der Waals surface area contributed by atoms with Crippen LogP contribution in [0.15, 0.2) is 83.8 Å². The molecule has 0 bridgehead atoms. The third-order valence-electron chi connectivity index (χ3n) is 7.62. The van der Waals surface area contributed by atoms with Crippen LogP contribution >= 0.6 is 0 Å². The second-order valence-corrected chi connectivity index (χ2v) is 12.4.